The van der Waals surface area contributed by atoms with Crippen molar-refractivity contribution in [3.63, 3.8) is 0 Å². The highest BCUT2D eigenvalue weighted by Crippen LogP contribution is 2.37. The van der Waals surface area contributed by atoms with Crippen molar-refractivity contribution < 1.29 is 4.74 Å². The summed E-state index contributed by atoms with van der Waals surface area (Å²) in [7, 11) is 0. The maximum absolute atomic E-state index is 6.12. The van der Waals surface area contributed by atoms with Crippen molar-refractivity contribution in [2.24, 2.45) is 5.73 Å². The molecule has 0 spiro atoms. The van der Waals surface area contributed by atoms with Gasteiger partial charge in [0, 0.05) is 16.7 Å². The zero-order valence-corrected chi connectivity index (χ0v) is 14.2. The first-order valence-corrected chi connectivity index (χ1v) is 7.43. The van der Waals surface area contributed by atoms with Crippen LogP contribution in [0.2, 0.25) is 10.0 Å². The van der Waals surface area contributed by atoms with Gasteiger partial charge in [0.1, 0.15) is 10.7 Å². The van der Waals surface area contributed by atoms with Crippen LogP contribution in [0.15, 0.2) is 28.9 Å². The molecule has 2 N–H and O–H groups in total. The summed E-state index contributed by atoms with van der Waals surface area (Å²) in [6.45, 7) is 1.87. The largest absolute Gasteiger partial charge is 0.437 e. The molecule has 0 aliphatic rings. The molecule has 1 heterocycles. The molecule has 0 aliphatic carbocycles. The minimum atomic E-state index is 0.213. The number of halogens is 3. The molecule has 0 atom stereocenters. The molecule has 2 aromatic rings. The quantitative estimate of drug-likeness (QED) is 0.597. The Hall–Kier alpha value is -0.880. The lowest BCUT2D eigenvalue weighted by Crippen LogP contribution is -2.13. The Morgan fingerprint density at radius 2 is 2.05 bits per heavy atom. The lowest BCUT2D eigenvalue weighted by atomic mass is 10.1. The molecule has 0 saturated heterocycles. The minimum absolute atomic E-state index is 0.213. The molecule has 3 nitrogen and oxygen atoms in total. The van der Waals surface area contributed by atoms with E-state index in [1.54, 1.807) is 24.4 Å². The number of hydrogen-bond donors (Lipinski definition) is 1. The number of nitrogens with zero attached hydrogens (tertiary/aromatic N) is 1. The SMILES string of the molecule is Cc1ccnc(Oc2cc(Cl)c(Br)cc2Cl)c1C(N)=S. The van der Waals surface area contributed by atoms with Gasteiger partial charge >= 0.3 is 0 Å². The van der Waals surface area contributed by atoms with E-state index in [0.29, 0.717) is 31.7 Å². The van der Waals surface area contributed by atoms with Gasteiger partial charge in [-0.2, -0.15) is 0 Å². The summed E-state index contributed by atoms with van der Waals surface area (Å²) in [6.07, 6.45) is 1.61. The average Bonchev–Trinajstić information content (AvgIpc) is 2.35. The van der Waals surface area contributed by atoms with Crippen molar-refractivity contribution in [1.29, 1.82) is 0 Å². The molecular formula is C13H9BrCl2N2OS. The molecule has 0 bridgehead atoms. The fourth-order valence-electron chi connectivity index (χ4n) is 1.60. The van der Waals surface area contributed by atoms with Crippen LogP contribution in [0, 0.1) is 6.92 Å². The van der Waals surface area contributed by atoms with Crippen molar-refractivity contribution >= 4 is 56.3 Å². The van der Waals surface area contributed by atoms with E-state index < -0.39 is 0 Å². The van der Waals surface area contributed by atoms with Gasteiger partial charge in [0.05, 0.1) is 15.6 Å². The highest BCUT2D eigenvalue weighted by atomic mass is 79.9. The molecule has 0 saturated carbocycles. The van der Waals surface area contributed by atoms with Gasteiger partial charge in [-0.3, -0.25) is 0 Å². The van der Waals surface area contributed by atoms with Crippen LogP contribution < -0.4 is 10.5 Å². The van der Waals surface area contributed by atoms with E-state index >= 15 is 0 Å². The number of thiocarbonyl (C=S) groups is 1. The topological polar surface area (TPSA) is 48.1 Å². The monoisotopic (exact) mass is 390 g/mol. The maximum Gasteiger partial charge on any atom is 0.229 e. The Kier molecular flexibility index (Phi) is 4.86. The van der Waals surface area contributed by atoms with Crippen molar-refractivity contribution in [2.45, 2.75) is 6.92 Å². The molecule has 7 heteroatoms. The first-order valence-electron chi connectivity index (χ1n) is 5.48. The Morgan fingerprint density at radius 1 is 1.35 bits per heavy atom. The molecule has 20 heavy (non-hydrogen) atoms. The predicted octanol–water partition coefficient (Wildman–Crippen LogP) is 4.89. The van der Waals surface area contributed by atoms with Crippen LogP contribution in [-0.4, -0.2) is 9.97 Å². The van der Waals surface area contributed by atoms with Crippen LogP contribution >= 0.6 is 51.3 Å². The lowest BCUT2D eigenvalue weighted by molar-refractivity contribution is 0.461. The zero-order valence-electron chi connectivity index (χ0n) is 10.3. The van der Waals surface area contributed by atoms with Gasteiger partial charge in [0.2, 0.25) is 5.88 Å². The van der Waals surface area contributed by atoms with Crippen molar-refractivity contribution in [3.05, 3.63) is 50.0 Å². The van der Waals surface area contributed by atoms with E-state index in [0.717, 1.165) is 5.56 Å². The highest BCUT2D eigenvalue weighted by Gasteiger charge is 2.14. The summed E-state index contributed by atoms with van der Waals surface area (Å²) in [5.41, 5.74) is 7.16. The predicted molar refractivity (Wildman–Crippen MR) is 89.1 cm³/mol. The third kappa shape index (κ3) is 3.23. The summed E-state index contributed by atoms with van der Waals surface area (Å²) in [5, 5.41) is 0.882. The van der Waals surface area contributed by atoms with Crippen LogP contribution in [0.4, 0.5) is 0 Å². The third-order valence-corrected chi connectivity index (χ3v) is 4.25. The van der Waals surface area contributed by atoms with Crippen molar-refractivity contribution in [2.75, 3.05) is 0 Å². The summed E-state index contributed by atoms with van der Waals surface area (Å²) >= 11 is 20.5. The molecule has 1 aromatic carbocycles. The summed E-state index contributed by atoms with van der Waals surface area (Å²) in [6, 6.07) is 5.05. The van der Waals surface area contributed by atoms with Gasteiger partial charge < -0.3 is 10.5 Å². The number of hydrogen-bond acceptors (Lipinski definition) is 3. The Labute approximate surface area is 140 Å². The zero-order chi connectivity index (χ0) is 14.9. The summed E-state index contributed by atoms with van der Waals surface area (Å²) < 4.78 is 6.39. The van der Waals surface area contributed by atoms with E-state index in [1.807, 2.05) is 6.92 Å². The second-order valence-electron chi connectivity index (χ2n) is 3.97. The Morgan fingerprint density at radius 3 is 2.70 bits per heavy atom. The van der Waals surface area contributed by atoms with Crippen molar-refractivity contribution in [1.82, 2.24) is 4.98 Å². The number of rotatable bonds is 3. The summed E-state index contributed by atoms with van der Waals surface area (Å²) in [4.78, 5) is 4.36. The van der Waals surface area contributed by atoms with Crippen LogP contribution in [0.5, 0.6) is 11.6 Å². The fourth-order valence-corrected chi connectivity index (χ4v) is 2.68. The third-order valence-electron chi connectivity index (χ3n) is 2.55. The van der Waals surface area contributed by atoms with E-state index in [-0.39, 0.29) is 4.99 Å². The van der Waals surface area contributed by atoms with Crippen LogP contribution in [-0.2, 0) is 0 Å². The lowest BCUT2D eigenvalue weighted by Gasteiger charge is -2.12. The van der Waals surface area contributed by atoms with Gasteiger partial charge in [0.15, 0.2) is 0 Å². The molecule has 2 rings (SSSR count). The standard InChI is InChI=1S/C13H9BrCl2N2OS/c1-6-2-3-18-13(11(6)12(17)20)19-10-5-8(15)7(14)4-9(10)16/h2-5H,1H3,(H2,17,20). The van der Waals surface area contributed by atoms with Crippen molar-refractivity contribution in [3.8, 4) is 11.6 Å². The number of pyridine rings is 1. The molecule has 0 radical (unpaired) electrons. The first-order chi connectivity index (χ1) is 9.40. The normalized spacial score (nSPS) is 10.4. The van der Waals surface area contributed by atoms with E-state index in [2.05, 4.69) is 20.9 Å². The second kappa shape index (κ2) is 6.26. The Balaban J connectivity index is 2.48. The number of aryl methyl sites for hydroxylation is 1. The number of aromatic nitrogens is 1. The minimum Gasteiger partial charge on any atom is -0.437 e. The van der Waals surface area contributed by atoms with Gasteiger partial charge in [-0.15, -0.1) is 0 Å². The molecule has 1 aromatic heterocycles. The van der Waals surface area contributed by atoms with Gasteiger partial charge in [0.25, 0.3) is 0 Å². The summed E-state index contributed by atoms with van der Waals surface area (Å²) in [5.74, 6) is 0.688. The van der Waals surface area contributed by atoms with E-state index in [1.165, 1.54) is 0 Å². The number of benzene rings is 1. The Bertz CT molecular complexity index is 694. The van der Waals surface area contributed by atoms with Crippen LogP contribution in [0.1, 0.15) is 11.1 Å². The van der Waals surface area contributed by atoms with E-state index in [9.17, 15) is 0 Å². The second-order valence-corrected chi connectivity index (χ2v) is 6.08. The molecule has 0 fully saturated rings. The number of ether oxygens (including phenoxy) is 1. The molecule has 0 aliphatic heterocycles. The first kappa shape index (κ1) is 15.5. The highest BCUT2D eigenvalue weighted by molar-refractivity contribution is 9.10. The van der Waals surface area contributed by atoms with Gasteiger partial charge in [-0.25, -0.2) is 4.98 Å². The number of nitrogens with two attached hydrogens (primary N) is 1. The molecular weight excluding hydrogens is 383 g/mol. The molecule has 104 valence electrons. The molecule has 0 unspecified atom stereocenters. The fraction of sp³-hybridized carbons (Fsp3) is 0.0769. The molecule has 0 amide bonds. The average molecular weight is 392 g/mol. The van der Waals surface area contributed by atoms with Crippen LogP contribution in [0.3, 0.4) is 0 Å². The van der Waals surface area contributed by atoms with Gasteiger partial charge in [-0.05, 0) is 40.5 Å². The van der Waals surface area contributed by atoms with E-state index in [4.69, 9.17) is 45.9 Å². The van der Waals surface area contributed by atoms with Crippen LogP contribution in [0.25, 0.3) is 0 Å². The van der Waals surface area contributed by atoms with Gasteiger partial charge in [-0.1, -0.05) is 35.4 Å². The smallest absolute Gasteiger partial charge is 0.229 e. The maximum atomic E-state index is 6.12.